The van der Waals surface area contributed by atoms with E-state index in [-0.39, 0.29) is 10.7 Å². The average molecular weight is 371 g/mol. The highest BCUT2D eigenvalue weighted by atomic mass is 32.2. The van der Waals surface area contributed by atoms with Crippen molar-refractivity contribution in [1.29, 1.82) is 0 Å². The van der Waals surface area contributed by atoms with Crippen LogP contribution in [0.4, 0.5) is 10.1 Å². The molecule has 1 heterocycles. The number of fused-ring (bicyclic) bond motifs is 1. The summed E-state index contributed by atoms with van der Waals surface area (Å²) in [6.07, 6.45) is -0.702. The lowest BCUT2D eigenvalue weighted by molar-refractivity contribution is 0.0487. The Morgan fingerprint density at radius 1 is 0.846 bits per heavy atom. The summed E-state index contributed by atoms with van der Waals surface area (Å²) in [5.41, 5.74) is 1.02. The van der Waals surface area contributed by atoms with Crippen LogP contribution in [0.1, 0.15) is 11.9 Å². The SMILES string of the molecule is O=S(=O)(Nc1ccc2c(c1)OC(c1ccc(F)cc1)O2)c1ccccc1. The second kappa shape index (κ2) is 6.34. The van der Waals surface area contributed by atoms with Crippen LogP contribution in [0, 0.1) is 5.82 Å². The Labute approximate surface area is 150 Å². The van der Waals surface area contributed by atoms with Gasteiger partial charge in [-0.3, -0.25) is 4.72 Å². The van der Waals surface area contributed by atoms with Gasteiger partial charge in [-0.25, -0.2) is 12.8 Å². The van der Waals surface area contributed by atoms with Crippen molar-refractivity contribution in [2.45, 2.75) is 11.2 Å². The number of ether oxygens (including phenoxy) is 2. The third-order valence-electron chi connectivity index (χ3n) is 3.86. The van der Waals surface area contributed by atoms with Crippen molar-refractivity contribution in [2.75, 3.05) is 4.72 Å². The van der Waals surface area contributed by atoms with Gasteiger partial charge in [0.25, 0.3) is 16.3 Å². The van der Waals surface area contributed by atoms with Crippen LogP contribution in [0.25, 0.3) is 0 Å². The Bertz CT molecular complexity index is 1040. The topological polar surface area (TPSA) is 64.6 Å². The molecule has 0 saturated carbocycles. The molecule has 3 aromatic rings. The van der Waals surface area contributed by atoms with Gasteiger partial charge >= 0.3 is 0 Å². The van der Waals surface area contributed by atoms with Crippen molar-refractivity contribution in [2.24, 2.45) is 0 Å². The van der Waals surface area contributed by atoms with Crippen molar-refractivity contribution in [1.82, 2.24) is 0 Å². The molecule has 0 radical (unpaired) electrons. The van der Waals surface area contributed by atoms with Crippen molar-refractivity contribution in [3.63, 3.8) is 0 Å². The normalized spacial score (nSPS) is 15.7. The molecular formula is C19H14FNO4S. The molecule has 3 aromatic carbocycles. The van der Waals surface area contributed by atoms with E-state index in [1.165, 1.54) is 24.3 Å². The molecule has 0 aromatic heterocycles. The summed E-state index contributed by atoms with van der Waals surface area (Å²) >= 11 is 0. The molecule has 0 bridgehead atoms. The molecule has 0 spiro atoms. The minimum absolute atomic E-state index is 0.168. The van der Waals surface area contributed by atoms with Gasteiger partial charge in [-0.15, -0.1) is 0 Å². The maximum atomic E-state index is 13.0. The first-order valence-electron chi connectivity index (χ1n) is 7.82. The summed E-state index contributed by atoms with van der Waals surface area (Å²) in [7, 11) is -3.69. The zero-order chi connectivity index (χ0) is 18.1. The molecule has 5 nitrogen and oxygen atoms in total. The van der Waals surface area contributed by atoms with Crippen molar-refractivity contribution in [3.05, 3.63) is 84.2 Å². The summed E-state index contributed by atoms with van der Waals surface area (Å²) in [4.78, 5) is 0.168. The van der Waals surface area contributed by atoms with Crippen molar-refractivity contribution < 1.29 is 22.3 Å². The molecule has 1 aliphatic heterocycles. The number of nitrogens with one attached hydrogen (secondary N) is 1. The number of sulfonamides is 1. The molecule has 0 amide bonds. The van der Waals surface area contributed by atoms with Crippen LogP contribution >= 0.6 is 0 Å². The van der Waals surface area contributed by atoms with Gasteiger partial charge in [0.1, 0.15) is 5.82 Å². The van der Waals surface area contributed by atoms with E-state index in [0.29, 0.717) is 22.7 Å². The number of hydrogen-bond acceptors (Lipinski definition) is 4. The zero-order valence-electron chi connectivity index (χ0n) is 13.4. The van der Waals surface area contributed by atoms with Crippen LogP contribution < -0.4 is 14.2 Å². The molecule has 0 saturated heterocycles. The number of halogens is 1. The third kappa shape index (κ3) is 3.21. The first-order chi connectivity index (χ1) is 12.5. The highest BCUT2D eigenvalue weighted by Crippen LogP contribution is 2.42. The Balaban J connectivity index is 1.55. The quantitative estimate of drug-likeness (QED) is 0.750. The van der Waals surface area contributed by atoms with E-state index in [1.807, 2.05) is 0 Å². The van der Waals surface area contributed by atoms with E-state index < -0.39 is 16.3 Å². The molecule has 1 N–H and O–H groups in total. The van der Waals surface area contributed by atoms with Crippen LogP contribution in [0.2, 0.25) is 0 Å². The number of hydrogen-bond donors (Lipinski definition) is 1. The fourth-order valence-electron chi connectivity index (χ4n) is 2.59. The minimum atomic E-state index is -3.69. The van der Waals surface area contributed by atoms with Gasteiger partial charge < -0.3 is 9.47 Å². The van der Waals surface area contributed by atoms with E-state index in [2.05, 4.69) is 4.72 Å². The summed E-state index contributed by atoms with van der Waals surface area (Å²) in [6, 6.07) is 18.7. The van der Waals surface area contributed by atoms with E-state index in [9.17, 15) is 12.8 Å². The number of rotatable bonds is 4. The summed E-state index contributed by atoms with van der Waals surface area (Å²) in [5.74, 6) is 0.552. The second-order valence-electron chi connectivity index (χ2n) is 5.70. The first-order valence-corrected chi connectivity index (χ1v) is 9.30. The third-order valence-corrected chi connectivity index (χ3v) is 5.26. The van der Waals surface area contributed by atoms with Crippen LogP contribution in [-0.2, 0) is 10.0 Å². The van der Waals surface area contributed by atoms with Crippen LogP contribution in [0.5, 0.6) is 11.5 Å². The summed E-state index contributed by atoms with van der Waals surface area (Å²) in [5, 5.41) is 0. The lowest BCUT2D eigenvalue weighted by Crippen LogP contribution is -2.12. The predicted molar refractivity (Wildman–Crippen MR) is 94.1 cm³/mol. The maximum Gasteiger partial charge on any atom is 0.267 e. The van der Waals surface area contributed by atoms with Crippen LogP contribution in [-0.4, -0.2) is 8.42 Å². The van der Waals surface area contributed by atoms with Crippen LogP contribution in [0.15, 0.2) is 77.7 Å². The standard InChI is InChI=1S/C19H14FNO4S/c20-14-8-6-13(7-9-14)19-24-17-11-10-15(12-18(17)25-19)21-26(22,23)16-4-2-1-3-5-16/h1-12,19,21H. The summed E-state index contributed by atoms with van der Waals surface area (Å²) < 4.78 is 51.8. The van der Waals surface area contributed by atoms with Crippen molar-refractivity contribution in [3.8, 4) is 11.5 Å². The molecule has 4 rings (SSSR count). The Morgan fingerprint density at radius 3 is 2.27 bits per heavy atom. The van der Waals surface area contributed by atoms with E-state index in [1.54, 1.807) is 48.5 Å². The fraction of sp³-hybridized carbons (Fsp3) is 0.0526. The van der Waals surface area contributed by atoms with Gasteiger partial charge in [-0.05, 0) is 48.5 Å². The number of benzene rings is 3. The molecule has 0 aliphatic carbocycles. The first kappa shape index (κ1) is 16.4. The maximum absolute atomic E-state index is 13.0. The molecule has 26 heavy (non-hydrogen) atoms. The molecule has 132 valence electrons. The fourth-order valence-corrected chi connectivity index (χ4v) is 3.66. The average Bonchev–Trinajstić information content (AvgIpc) is 3.06. The van der Waals surface area contributed by atoms with Gasteiger partial charge in [0, 0.05) is 11.6 Å². The lowest BCUT2D eigenvalue weighted by Gasteiger charge is -2.10. The molecule has 7 heteroatoms. The molecule has 1 aliphatic rings. The lowest BCUT2D eigenvalue weighted by atomic mass is 10.2. The molecule has 1 atom stereocenters. The number of anilines is 1. The Hall–Kier alpha value is -3.06. The smallest absolute Gasteiger partial charge is 0.267 e. The zero-order valence-corrected chi connectivity index (χ0v) is 14.2. The van der Waals surface area contributed by atoms with Crippen molar-refractivity contribution >= 4 is 15.7 Å². The monoisotopic (exact) mass is 371 g/mol. The van der Waals surface area contributed by atoms with E-state index in [4.69, 9.17) is 9.47 Å². The van der Waals surface area contributed by atoms with Gasteiger partial charge in [-0.1, -0.05) is 18.2 Å². The molecule has 0 fully saturated rings. The van der Waals surface area contributed by atoms with Gasteiger partial charge in [0.15, 0.2) is 11.5 Å². The molecule has 1 unspecified atom stereocenters. The Morgan fingerprint density at radius 2 is 1.54 bits per heavy atom. The van der Waals surface area contributed by atoms with E-state index >= 15 is 0 Å². The van der Waals surface area contributed by atoms with E-state index in [0.717, 1.165) is 0 Å². The largest absolute Gasteiger partial charge is 0.447 e. The van der Waals surface area contributed by atoms with Crippen LogP contribution in [0.3, 0.4) is 0 Å². The minimum Gasteiger partial charge on any atom is -0.447 e. The predicted octanol–water partition coefficient (Wildman–Crippen LogP) is 4.10. The Kier molecular flexibility index (Phi) is 4.00. The van der Waals surface area contributed by atoms with Gasteiger partial charge in [0.05, 0.1) is 10.6 Å². The van der Waals surface area contributed by atoms with Gasteiger partial charge in [0.2, 0.25) is 0 Å². The second-order valence-corrected chi connectivity index (χ2v) is 7.38. The summed E-state index contributed by atoms with van der Waals surface area (Å²) in [6.45, 7) is 0. The molecular weight excluding hydrogens is 357 g/mol. The highest BCUT2D eigenvalue weighted by molar-refractivity contribution is 7.92. The van der Waals surface area contributed by atoms with Gasteiger partial charge in [-0.2, -0.15) is 0 Å². The highest BCUT2D eigenvalue weighted by Gasteiger charge is 2.26.